The van der Waals surface area contributed by atoms with E-state index in [1.165, 1.54) is 0 Å². The Hall–Kier alpha value is -1.67. The lowest BCUT2D eigenvalue weighted by Gasteiger charge is -2.13. The van der Waals surface area contributed by atoms with Crippen LogP contribution in [-0.2, 0) is 16.6 Å². The Labute approximate surface area is 118 Å². The summed E-state index contributed by atoms with van der Waals surface area (Å²) in [6, 6.07) is -0.387. The highest BCUT2D eigenvalue weighted by atomic mass is 32.2. The molecule has 0 saturated carbocycles. The van der Waals surface area contributed by atoms with E-state index in [1.54, 1.807) is 30.1 Å². The third-order valence-corrected chi connectivity index (χ3v) is 4.47. The zero-order chi connectivity index (χ0) is 14.8. The van der Waals surface area contributed by atoms with Gasteiger partial charge < -0.3 is 9.55 Å². The minimum atomic E-state index is -3.65. The van der Waals surface area contributed by atoms with Gasteiger partial charge in [0.2, 0.25) is 0 Å². The van der Waals surface area contributed by atoms with Gasteiger partial charge >= 0.3 is 0 Å². The maximum atomic E-state index is 12.3. The average molecular weight is 297 g/mol. The lowest BCUT2D eigenvalue weighted by molar-refractivity contribution is 0.536. The van der Waals surface area contributed by atoms with Crippen LogP contribution in [0.2, 0.25) is 0 Å². The van der Waals surface area contributed by atoms with Gasteiger partial charge in [0.15, 0.2) is 5.03 Å². The highest BCUT2D eigenvalue weighted by molar-refractivity contribution is 7.89. The number of rotatable bonds is 6. The van der Waals surface area contributed by atoms with Gasteiger partial charge in [-0.1, -0.05) is 6.92 Å². The Morgan fingerprint density at radius 1 is 1.45 bits per heavy atom. The molecule has 1 atom stereocenters. The standard InChI is InChI=1S/C12H19N5O2S/c1-4-10(12-13-6-7-14-12)16-20(18,19)11-8-17(5-2)9(3)15-11/h6-8,10,16H,4-5H2,1-3H3,(H,13,14). The summed E-state index contributed by atoms with van der Waals surface area (Å²) in [5.41, 5.74) is 0. The fraction of sp³-hybridized carbons (Fsp3) is 0.500. The van der Waals surface area contributed by atoms with Crippen molar-refractivity contribution in [2.45, 2.75) is 44.8 Å². The molecule has 0 saturated heterocycles. The maximum absolute atomic E-state index is 12.3. The smallest absolute Gasteiger partial charge is 0.260 e. The van der Waals surface area contributed by atoms with Crippen LogP contribution in [0.15, 0.2) is 23.6 Å². The minimum absolute atomic E-state index is 0.0434. The Kier molecular flexibility index (Phi) is 4.24. The minimum Gasteiger partial charge on any atom is -0.347 e. The molecule has 8 heteroatoms. The van der Waals surface area contributed by atoms with Crippen LogP contribution in [0.3, 0.4) is 0 Å². The van der Waals surface area contributed by atoms with Gasteiger partial charge in [0.25, 0.3) is 10.0 Å². The first kappa shape index (κ1) is 14.7. The Morgan fingerprint density at radius 3 is 2.70 bits per heavy atom. The summed E-state index contributed by atoms with van der Waals surface area (Å²) in [4.78, 5) is 11.1. The van der Waals surface area contributed by atoms with Crippen LogP contribution >= 0.6 is 0 Å². The zero-order valence-electron chi connectivity index (χ0n) is 11.8. The lowest BCUT2D eigenvalue weighted by Crippen LogP contribution is -2.29. The summed E-state index contributed by atoms with van der Waals surface area (Å²) in [6.07, 6.45) is 5.41. The summed E-state index contributed by atoms with van der Waals surface area (Å²) < 4.78 is 29.1. The van der Waals surface area contributed by atoms with E-state index in [-0.39, 0.29) is 11.1 Å². The van der Waals surface area contributed by atoms with Gasteiger partial charge in [-0.05, 0) is 20.3 Å². The van der Waals surface area contributed by atoms with Crippen molar-refractivity contribution >= 4 is 10.0 Å². The second-order valence-electron chi connectivity index (χ2n) is 4.47. The van der Waals surface area contributed by atoms with Gasteiger partial charge in [-0.2, -0.15) is 4.72 Å². The predicted octanol–water partition coefficient (Wildman–Crippen LogP) is 1.36. The second kappa shape index (κ2) is 5.76. The highest BCUT2D eigenvalue weighted by Crippen LogP contribution is 2.17. The summed E-state index contributed by atoms with van der Waals surface area (Å²) in [5, 5.41) is 0.0434. The van der Waals surface area contributed by atoms with Crippen molar-refractivity contribution in [1.29, 1.82) is 0 Å². The number of H-pyrrole nitrogens is 1. The van der Waals surface area contributed by atoms with Gasteiger partial charge in [0.05, 0.1) is 6.04 Å². The molecule has 20 heavy (non-hydrogen) atoms. The van der Waals surface area contributed by atoms with E-state index in [0.29, 0.717) is 24.6 Å². The average Bonchev–Trinajstić information content (AvgIpc) is 3.05. The van der Waals surface area contributed by atoms with Crippen molar-refractivity contribution in [2.75, 3.05) is 0 Å². The topological polar surface area (TPSA) is 92.7 Å². The molecule has 0 aromatic carbocycles. The van der Waals surface area contributed by atoms with Crippen molar-refractivity contribution < 1.29 is 8.42 Å². The van der Waals surface area contributed by atoms with Gasteiger partial charge in [0.1, 0.15) is 11.6 Å². The largest absolute Gasteiger partial charge is 0.347 e. The van der Waals surface area contributed by atoms with Crippen molar-refractivity contribution in [3.8, 4) is 0 Å². The number of nitrogens with zero attached hydrogens (tertiary/aromatic N) is 3. The molecule has 2 heterocycles. The molecule has 0 aliphatic carbocycles. The van der Waals surface area contributed by atoms with Gasteiger partial charge in [-0.15, -0.1) is 0 Å². The Balaban J connectivity index is 2.25. The van der Waals surface area contributed by atoms with E-state index in [0.717, 1.165) is 0 Å². The second-order valence-corrected chi connectivity index (χ2v) is 6.13. The molecule has 0 radical (unpaired) electrons. The Morgan fingerprint density at radius 2 is 2.20 bits per heavy atom. The maximum Gasteiger partial charge on any atom is 0.260 e. The summed E-state index contributed by atoms with van der Waals surface area (Å²) >= 11 is 0. The molecule has 1 unspecified atom stereocenters. The van der Waals surface area contributed by atoms with Gasteiger partial charge in [0, 0.05) is 25.1 Å². The predicted molar refractivity (Wildman–Crippen MR) is 74.6 cm³/mol. The molecule has 0 amide bonds. The van der Waals surface area contributed by atoms with E-state index in [9.17, 15) is 8.42 Å². The number of hydrogen-bond acceptors (Lipinski definition) is 4. The zero-order valence-corrected chi connectivity index (χ0v) is 12.6. The summed E-state index contributed by atoms with van der Waals surface area (Å²) in [7, 11) is -3.65. The molecule has 2 N–H and O–H groups in total. The SMILES string of the molecule is CCC(NS(=O)(=O)c1cn(CC)c(C)n1)c1ncc[nH]1. The molecule has 0 aliphatic rings. The monoisotopic (exact) mass is 297 g/mol. The quantitative estimate of drug-likeness (QED) is 0.842. The number of sulfonamides is 1. The van der Waals surface area contributed by atoms with Gasteiger partial charge in [-0.3, -0.25) is 0 Å². The van der Waals surface area contributed by atoms with Crippen LogP contribution in [0.5, 0.6) is 0 Å². The molecule has 110 valence electrons. The third-order valence-electron chi connectivity index (χ3n) is 3.13. The van der Waals surface area contributed by atoms with Crippen LogP contribution < -0.4 is 4.72 Å². The number of imidazole rings is 2. The first-order valence-corrected chi connectivity index (χ1v) is 8.01. The van der Waals surface area contributed by atoms with E-state index in [1.807, 2.05) is 13.8 Å². The molecule has 0 fully saturated rings. The number of hydrogen-bond donors (Lipinski definition) is 2. The number of aromatic amines is 1. The summed E-state index contributed by atoms with van der Waals surface area (Å²) in [5.74, 6) is 1.28. The van der Waals surface area contributed by atoms with E-state index >= 15 is 0 Å². The van der Waals surface area contributed by atoms with E-state index < -0.39 is 10.0 Å². The lowest BCUT2D eigenvalue weighted by atomic mass is 10.2. The van der Waals surface area contributed by atoms with E-state index in [4.69, 9.17) is 0 Å². The van der Waals surface area contributed by atoms with E-state index in [2.05, 4.69) is 19.7 Å². The first-order chi connectivity index (χ1) is 9.47. The molecular formula is C12H19N5O2S. The van der Waals surface area contributed by atoms with Crippen molar-refractivity contribution in [1.82, 2.24) is 24.2 Å². The molecule has 2 aromatic heterocycles. The van der Waals surface area contributed by atoms with Crippen molar-refractivity contribution in [3.05, 3.63) is 30.2 Å². The van der Waals surface area contributed by atoms with Crippen LogP contribution in [0.1, 0.15) is 38.0 Å². The molecule has 7 nitrogen and oxygen atoms in total. The number of nitrogens with one attached hydrogen (secondary N) is 2. The van der Waals surface area contributed by atoms with Crippen molar-refractivity contribution in [3.63, 3.8) is 0 Å². The highest BCUT2D eigenvalue weighted by Gasteiger charge is 2.24. The number of aromatic nitrogens is 4. The molecular weight excluding hydrogens is 278 g/mol. The van der Waals surface area contributed by atoms with Crippen LogP contribution in [-0.4, -0.2) is 27.9 Å². The molecule has 2 rings (SSSR count). The third kappa shape index (κ3) is 2.91. The normalized spacial score (nSPS) is 13.6. The van der Waals surface area contributed by atoms with Crippen LogP contribution in [0.25, 0.3) is 0 Å². The summed E-state index contributed by atoms with van der Waals surface area (Å²) in [6.45, 7) is 6.30. The van der Waals surface area contributed by atoms with Gasteiger partial charge in [-0.25, -0.2) is 18.4 Å². The molecule has 0 aliphatic heterocycles. The fourth-order valence-corrected chi connectivity index (χ4v) is 3.27. The number of aryl methyl sites for hydroxylation is 2. The first-order valence-electron chi connectivity index (χ1n) is 6.53. The Bertz CT molecular complexity index is 660. The molecule has 0 bridgehead atoms. The van der Waals surface area contributed by atoms with Crippen LogP contribution in [0, 0.1) is 6.92 Å². The fourth-order valence-electron chi connectivity index (χ4n) is 1.98. The van der Waals surface area contributed by atoms with Crippen LogP contribution in [0.4, 0.5) is 0 Å². The molecule has 2 aromatic rings. The van der Waals surface area contributed by atoms with Crippen molar-refractivity contribution in [2.24, 2.45) is 0 Å². The molecule has 0 spiro atoms.